The van der Waals surface area contributed by atoms with Crippen molar-refractivity contribution in [3.8, 4) is 16.9 Å². The first-order chi connectivity index (χ1) is 14.1. The molecule has 0 spiro atoms. The largest absolute Gasteiger partial charge is 0.497 e. The van der Waals surface area contributed by atoms with E-state index in [9.17, 15) is 4.79 Å². The molecule has 0 aromatic heterocycles. The van der Waals surface area contributed by atoms with E-state index in [1.54, 1.807) is 7.11 Å². The second-order valence-electron chi connectivity index (χ2n) is 6.99. The van der Waals surface area contributed by atoms with Gasteiger partial charge in [-0.3, -0.25) is 4.79 Å². The molecular weight excluding hydrogens is 473 g/mol. The maximum absolute atomic E-state index is 12.9. The summed E-state index contributed by atoms with van der Waals surface area (Å²) in [6, 6.07) is 24.6. The van der Waals surface area contributed by atoms with Crippen LogP contribution in [0.5, 0.6) is 5.75 Å². The Kier molecular flexibility index (Phi) is 7.69. The first-order valence-corrected chi connectivity index (χ1v) is 11.0. The highest BCUT2D eigenvalue weighted by atomic mass is 127. The Bertz CT molecular complexity index is 936. The number of rotatable bonds is 8. The molecule has 0 unspecified atom stereocenters. The summed E-state index contributed by atoms with van der Waals surface area (Å²) < 4.78 is 6.36. The number of carbonyl (C=O) groups is 1. The van der Waals surface area contributed by atoms with Crippen LogP contribution in [-0.4, -0.2) is 13.0 Å². The molecule has 3 nitrogen and oxygen atoms in total. The summed E-state index contributed by atoms with van der Waals surface area (Å²) in [7, 11) is 1.67. The lowest BCUT2D eigenvalue weighted by Gasteiger charge is -2.23. The molecule has 0 fully saturated rings. The highest BCUT2D eigenvalue weighted by Gasteiger charge is 2.16. The highest BCUT2D eigenvalue weighted by molar-refractivity contribution is 14.1. The van der Waals surface area contributed by atoms with Crippen LogP contribution in [0.25, 0.3) is 11.1 Å². The molecule has 150 valence electrons. The van der Waals surface area contributed by atoms with Gasteiger partial charge in [-0.25, -0.2) is 0 Å². The summed E-state index contributed by atoms with van der Waals surface area (Å²) in [4.78, 5) is 14.8. The zero-order chi connectivity index (χ0) is 20.6. The number of halogens is 1. The molecule has 4 heteroatoms. The number of benzene rings is 3. The van der Waals surface area contributed by atoms with Crippen molar-refractivity contribution in [2.24, 2.45) is 0 Å². The Labute approximate surface area is 186 Å². The van der Waals surface area contributed by atoms with Crippen LogP contribution >= 0.6 is 22.6 Å². The third kappa shape index (κ3) is 5.82. The van der Waals surface area contributed by atoms with Gasteiger partial charge in [0.1, 0.15) is 5.75 Å². The molecule has 0 heterocycles. The van der Waals surface area contributed by atoms with Crippen molar-refractivity contribution in [2.75, 3.05) is 12.0 Å². The Morgan fingerprint density at radius 1 is 0.966 bits per heavy atom. The fourth-order valence-corrected chi connectivity index (χ4v) is 3.73. The number of amides is 1. The molecular formula is C25H26INO2. The summed E-state index contributed by atoms with van der Waals surface area (Å²) >= 11 is 2.29. The van der Waals surface area contributed by atoms with E-state index in [0.29, 0.717) is 13.0 Å². The molecule has 0 bridgehead atoms. The summed E-state index contributed by atoms with van der Waals surface area (Å²) in [6.45, 7) is 2.69. The van der Waals surface area contributed by atoms with Crippen LogP contribution < -0.4 is 9.64 Å². The zero-order valence-electron chi connectivity index (χ0n) is 16.9. The van der Waals surface area contributed by atoms with Crippen LogP contribution in [-0.2, 0) is 11.3 Å². The van der Waals surface area contributed by atoms with Crippen molar-refractivity contribution in [2.45, 2.75) is 32.7 Å². The van der Waals surface area contributed by atoms with Gasteiger partial charge >= 0.3 is 0 Å². The van der Waals surface area contributed by atoms with Crippen molar-refractivity contribution in [1.82, 2.24) is 0 Å². The van der Waals surface area contributed by atoms with E-state index in [-0.39, 0.29) is 5.91 Å². The normalized spacial score (nSPS) is 10.6. The molecule has 3 aromatic rings. The number of nitrogens with zero attached hydrogens (tertiary/aromatic N) is 1. The second-order valence-corrected chi connectivity index (χ2v) is 8.23. The van der Waals surface area contributed by atoms with Gasteiger partial charge in [0.15, 0.2) is 0 Å². The fourth-order valence-electron chi connectivity index (χ4n) is 3.20. The van der Waals surface area contributed by atoms with Crippen LogP contribution in [0.1, 0.15) is 31.7 Å². The van der Waals surface area contributed by atoms with E-state index in [0.717, 1.165) is 44.5 Å². The number of ether oxygens (including phenoxy) is 1. The van der Waals surface area contributed by atoms with Gasteiger partial charge in [-0.1, -0.05) is 55.8 Å². The topological polar surface area (TPSA) is 29.5 Å². The van der Waals surface area contributed by atoms with Crippen LogP contribution in [0.2, 0.25) is 0 Å². The van der Waals surface area contributed by atoms with Gasteiger partial charge in [-0.2, -0.15) is 0 Å². The monoisotopic (exact) mass is 499 g/mol. The van der Waals surface area contributed by atoms with Gasteiger partial charge in [0.2, 0.25) is 5.91 Å². The predicted octanol–water partition coefficient (Wildman–Crippen LogP) is 6.69. The van der Waals surface area contributed by atoms with E-state index < -0.39 is 0 Å². The summed E-state index contributed by atoms with van der Waals surface area (Å²) in [6.07, 6.45) is 2.50. The molecule has 0 aliphatic heterocycles. The molecule has 3 rings (SSSR count). The Hall–Kier alpha value is -2.34. The van der Waals surface area contributed by atoms with E-state index in [4.69, 9.17) is 4.74 Å². The number of anilines is 1. The van der Waals surface area contributed by atoms with Crippen LogP contribution in [0, 0.1) is 3.57 Å². The van der Waals surface area contributed by atoms with Crippen LogP contribution in [0.15, 0.2) is 72.8 Å². The lowest BCUT2D eigenvalue weighted by atomic mass is 10.0. The highest BCUT2D eigenvalue weighted by Crippen LogP contribution is 2.25. The summed E-state index contributed by atoms with van der Waals surface area (Å²) in [5.41, 5.74) is 4.36. The van der Waals surface area contributed by atoms with Gasteiger partial charge < -0.3 is 9.64 Å². The number of methoxy groups -OCH3 is 1. The van der Waals surface area contributed by atoms with Gasteiger partial charge in [0.25, 0.3) is 0 Å². The molecule has 3 aromatic carbocycles. The van der Waals surface area contributed by atoms with E-state index in [1.165, 1.54) is 0 Å². The molecule has 0 radical (unpaired) electrons. The SMILES string of the molecule is CCCCC(=O)N(Cc1ccc(-c2ccc(OC)cc2)cc1)c1cccc(I)c1. The minimum atomic E-state index is 0.174. The molecule has 1 amide bonds. The van der Waals surface area contributed by atoms with Gasteiger partial charge in [-0.15, -0.1) is 0 Å². The fraction of sp³-hybridized carbons (Fsp3) is 0.240. The van der Waals surface area contributed by atoms with Crippen LogP contribution in [0.3, 0.4) is 0 Å². The van der Waals surface area contributed by atoms with E-state index >= 15 is 0 Å². The molecule has 29 heavy (non-hydrogen) atoms. The molecule has 0 aliphatic carbocycles. The third-order valence-electron chi connectivity index (χ3n) is 4.88. The number of carbonyl (C=O) groups excluding carboxylic acids is 1. The Morgan fingerprint density at radius 2 is 1.62 bits per heavy atom. The van der Waals surface area contributed by atoms with E-state index in [1.807, 2.05) is 35.2 Å². The zero-order valence-corrected chi connectivity index (χ0v) is 19.1. The van der Waals surface area contributed by atoms with Crippen molar-refractivity contribution < 1.29 is 9.53 Å². The first kappa shape index (κ1) is 21.4. The predicted molar refractivity (Wildman–Crippen MR) is 128 cm³/mol. The smallest absolute Gasteiger partial charge is 0.227 e. The Balaban J connectivity index is 1.80. The molecule has 0 atom stereocenters. The Morgan fingerprint density at radius 3 is 2.21 bits per heavy atom. The average molecular weight is 499 g/mol. The number of unbranched alkanes of at least 4 members (excludes halogenated alkanes) is 1. The van der Waals surface area contributed by atoms with Crippen molar-refractivity contribution in [3.63, 3.8) is 0 Å². The van der Waals surface area contributed by atoms with Gasteiger partial charge in [-0.05, 0) is 76.0 Å². The van der Waals surface area contributed by atoms with Gasteiger partial charge in [0.05, 0.1) is 13.7 Å². The lowest BCUT2D eigenvalue weighted by molar-refractivity contribution is -0.118. The molecule has 0 saturated heterocycles. The van der Waals surface area contributed by atoms with Gasteiger partial charge in [0, 0.05) is 15.7 Å². The van der Waals surface area contributed by atoms with Crippen molar-refractivity contribution >= 4 is 34.2 Å². The first-order valence-electron chi connectivity index (χ1n) is 9.90. The average Bonchev–Trinajstić information content (AvgIpc) is 2.76. The molecule has 0 aliphatic rings. The number of hydrogen-bond acceptors (Lipinski definition) is 2. The van der Waals surface area contributed by atoms with Crippen LogP contribution in [0.4, 0.5) is 5.69 Å². The standard InChI is InChI=1S/C25H26INO2/c1-3-4-8-25(28)27(23-7-5-6-22(26)17-23)18-19-9-11-20(12-10-19)21-13-15-24(29-2)16-14-21/h5-7,9-17H,3-4,8,18H2,1-2H3. The van der Waals surface area contributed by atoms with Crippen molar-refractivity contribution in [3.05, 3.63) is 81.9 Å². The van der Waals surface area contributed by atoms with Crippen molar-refractivity contribution in [1.29, 1.82) is 0 Å². The minimum Gasteiger partial charge on any atom is -0.497 e. The second kappa shape index (κ2) is 10.4. The quantitative estimate of drug-likeness (QED) is 0.323. The molecule has 0 N–H and O–H groups in total. The number of hydrogen-bond donors (Lipinski definition) is 0. The maximum Gasteiger partial charge on any atom is 0.227 e. The van der Waals surface area contributed by atoms with E-state index in [2.05, 4.69) is 72.0 Å². The third-order valence-corrected chi connectivity index (χ3v) is 5.55. The molecule has 0 saturated carbocycles. The maximum atomic E-state index is 12.9. The summed E-state index contributed by atoms with van der Waals surface area (Å²) in [5, 5.41) is 0. The lowest BCUT2D eigenvalue weighted by Crippen LogP contribution is -2.30. The minimum absolute atomic E-state index is 0.174. The summed E-state index contributed by atoms with van der Waals surface area (Å²) in [5.74, 6) is 1.03.